The molecule has 0 aromatic carbocycles. The topological polar surface area (TPSA) is 75.4 Å². The highest BCUT2D eigenvalue weighted by molar-refractivity contribution is 5.85. The van der Waals surface area contributed by atoms with Crippen LogP contribution in [0, 0.1) is 5.92 Å². The quantitative estimate of drug-likeness (QED) is 0.769. The van der Waals surface area contributed by atoms with Gasteiger partial charge in [-0.25, -0.2) is 0 Å². The Morgan fingerprint density at radius 3 is 2.50 bits per heavy atom. The fourth-order valence-electron chi connectivity index (χ4n) is 1.92. The van der Waals surface area contributed by atoms with Crippen molar-refractivity contribution in [1.82, 2.24) is 10.2 Å². The highest BCUT2D eigenvalue weighted by Gasteiger charge is 2.24. The number of carbonyl (C=O) groups is 2. The predicted molar refractivity (Wildman–Crippen MR) is 73.5 cm³/mol. The van der Waals surface area contributed by atoms with Crippen LogP contribution in [0.25, 0.3) is 0 Å². The molecule has 1 saturated heterocycles. The minimum atomic E-state index is -0.480. The van der Waals surface area contributed by atoms with Crippen LogP contribution in [0.1, 0.15) is 33.6 Å². The van der Waals surface area contributed by atoms with Crippen molar-refractivity contribution in [2.75, 3.05) is 13.1 Å². The standard InChI is InChI=1S/C12H23N3O2.ClH/c1-8(2)11(13)12(17)14-9(3)7-15-6-4-5-10(15)16;/h8-9,11H,4-7,13H2,1-3H3,(H,14,17);1H. The van der Waals surface area contributed by atoms with Gasteiger partial charge >= 0.3 is 0 Å². The van der Waals surface area contributed by atoms with Gasteiger partial charge in [0.2, 0.25) is 11.8 Å². The lowest BCUT2D eigenvalue weighted by Crippen LogP contribution is -2.50. The van der Waals surface area contributed by atoms with Gasteiger partial charge in [0.15, 0.2) is 0 Å². The maximum Gasteiger partial charge on any atom is 0.237 e. The van der Waals surface area contributed by atoms with Crippen molar-refractivity contribution >= 4 is 24.2 Å². The molecule has 18 heavy (non-hydrogen) atoms. The molecule has 106 valence electrons. The molecule has 0 saturated carbocycles. The molecule has 0 aromatic heterocycles. The van der Waals surface area contributed by atoms with E-state index in [2.05, 4.69) is 5.32 Å². The zero-order valence-electron chi connectivity index (χ0n) is 11.3. The van der Waals surface area contributed by atoms with E-state index in [1.807, 2.05) is 20.8 Å². The molecule has 5 nitrogen and oxygen atoms in total. The third-order valence-electron chi connectivity index (χ3n) is 3.08. The van der Waals surface area contributed by atoms with Gasteiger partial charge < -0.3 is 16.0 Å². The highest BCUT2D eigenvalue weighted by Crippen LogP contribution is 2.09. The summed E-state index contributed by atoms with van der Waals surface area (Å²) in [5.74, 6) is 0.161. The molecule has 1 aliphatic rings. The van der Waals surface area contributed by atoms with Gasteiger partial charge in [-0.2, -0.15) is 0 Å². The Bertz CT molecular complexity index is 297. The van der Waals surface area contributed by atoms with E-state index in [0.29, 0.717) is 13.0 Å². The molecule has 2 unspecified atom stereocenters. The van der Waals surface area contributed by atoms with Crippen LogP contribution >= 0.6 is 12.4 Å². The van der Waals surface area contributed by atoms with Gasteiger partial charge in [0.25, 0.3) is 0 Å². The zero-order chi connectivity index (χ0) is 13.0. The second kappa shape index (κ2) is 7.59. The summed E-state index contributed by atoms with van der Waals surface area (Å²) in [4.78, 5) is 24.9. The normalized spacial score (nSPS) is 18.5. The number of nitrogens with one attached hydrogen (secondary N) is 1. The van der Waals surface area contributed by atoms with Crippen molar-refractivity contribution < 1.29 is 9.59 Å². The molecule has 0 radical (unpaired) electrons. The average molecular weight is 278 g/mol. The number of carbonyl (C=O) groups excluding carboxylic acids is 2. The van der Waals surface area contributed by atoms with Gasteiger partial charge in [-0.3, -0.25) is 9.59 Å². The predicted octanol–water partition coefficient (Wildman–Crippen LogP) is 0.519. The SMILES string of the molecule is CC(CN1CCCC1=O)NC(=O)C(N)C(C)C.Cl. The van der Waals surface area contributed by atoms with Crippen molar-refractivity contribution in [2.45, 2.75) is 45.7 Å². The Hall–Kier alpha value is -0.810. The van der Waals surface area contributed by atoms with Crippen LogP contribution in [0.3, 0.4) is 0 Å². The third kappa shape index (κ3) is 4.82. The molecular weight excluding hydrogens is 254 g/mol. The van der Waals surface area contributed by atoms with E-state index in [-0.39, 0.29) is 36.2 Å². The van der Waals surface area contributed by atoms with Crippen molar-refractivity contribution in [2.24, 2.45) is 11.7 Å². The minimum Gasteiger partial charge on any atom is -0.351 e. The van der Waals surface area contributed by atoms with E-state index in [0.717, 1.165) is 13.0 Å². The highest BCUT2D eigenvalue weighted by atomic mass is 35.5. The van der Waals surface area contributed by atoms with E-state index < -0.39 is 6.04 Å². The average Bonchev–Trinajstić information content (AvgIpc) is 2.62. The first-order chi connectivity index (χ1) is 7.91. The summed E-state index contributed by atoms with van der Waals surface area (Å²) in [5, 5.41) is 2.85. The molecule has 1 rings (SSSR count). The molecule has 1 heterocycles. The van der Waals surface area contributed by atoms with Crippen LogP contribution in [-0.4, -0.2) is 41.9 Å². The van der Waals surface area contributed by atoms with E-state index in [4.69, 9.17) is 5.73 Å². The molecule has 0 aliphatic carbocycles. The summed E-state index contributed by atoms with van der Waals surface area (Å²) >= 11 is 0. The van der Waals surface area contributed by atoms with E-state index >= 15 is 0 Å². The minimum absolute atomic E-state index is 0. The van der Waals surface area contributed by atoms with Crippen LogP contribution in [0.2, 0.25) is 0 Å². The molecule has 1 aliphatic heterocycles. The molecule has 1 fully saturated rings. The van der Waals surface area contributed by atoms with Gasteiger partial charge in [0.1, 0.15) is 0 Å². The maximum absolute atomic E-state index is 11.7. The van der Waals surface area contributed by atoms with Crippen LogP contribution in [0.15, 0.2) is 0 Å². The number of likely N-dealkylation sites (tertiary alicyclic amines) is 1. The molecule has 0 spiro atoms. The first-order valence-corrected chi connectivity index (χ1v) is 6.25. The fourth-order valence-corrected chi connectivity index (χ4v) is 1.92. The number of amides is 2. The number of hydrogen-bond acceptors (Lipinski definition) is 3. The fraction of sp³-hybridized carbons (Fsp3) is 0.833. The van der Waals surface area contributed by atoms with Gasteiger partial charge in [-0.15, -0.1) is 12.4 Å². The summed E-state index contributed by atoms with van der Waals surface area (Å²) in [6.45, 7) is 7.11. The van der Waals surface area contributed by atoms with Crippen LogP contribution in [0.4, 0.5) is 0 Å². The van der Waals surface area contributed by atoms with Crippen LogP contribution < -0.4 is 11.1 Å². The summed E-state index contributed by atoms with van der Waals surface area (Å²) < 4.78 is 0. The summed E-state index contributed by atoms with van der Waals surface area (Å²) in [5.41, 5.74) is 5.75. The van der Waals surface area contributed by atoms with Gasteiger partial charge in [-0.1, -0.05) is 13.8 Å². The second-order valence-electron chi connectivity index (χ2n) is 5.12. The first-order valence-electron chi connectivity index (χ1n) is 6.25. The Labute approximate surface area is 115 Å². The third-order valence-corrected chi connectivity index (χ3v) is 3.08. The van der Waals surface area contributed by atoms with E-state index in [1.54, 1.807) is 4.90 Å². The number of nitrogens with zero attached hydrogens (tertiary/aromatic N) is 1. The van der Waals surface area contributed by atoms with Crippen molar-refractivity contribution in [3.63, 3.8) is 0 Å². The molecule has 0 bridgehead atoms. The Balaban J connectivity index is 0.00000289. The van der Waals surface area contributed by atoms with Gasteiger partial charge in [0, 0.05) is 25.6 Å². The number of halogens is 1. The molecular formula is C12H24ClN3O2. The molecule has 0 aromatic rings. The molecule has 2 atom stereocenters. The Morgan fingerprint density at radius 2 is 2.06 bits per heavy atom. The lowest BCUT2D eigenvalue weighted by atomic mass is 10.0. The number of nitrogens with two attached hydrogens (primary N) is 1. The molecule has 6 heteroatoms. The summed E-state index contributed by atoms with van der Waals surface area (Å²) in [6, 6.07) is -0.527. The number of hydrogen-bond donors (Lipinski definition) is 2. The molecule has 2 amide bonds. The monoisotopic (exact) mass is 277 g/mol. The zero-order valence-corrected chi connectivity index (χ0v) is 12.1. The second-order valence-corrected chi connectivity index (χ2v) is 5.12. The van der Waals surface area contributed by atoms with Crippen molar-refractivity contribution in [1.29, 1.82) is 0 Å². The number of rotatable bonds is 5. The largest absolute Gasteiger partial charge is 0.351 e. The van der Waals surface area contributed by atoms with Crippen molar-refractivity contribution in [3.05, 3.63) is 0 Å². The lowest BCUT2D eigenvalue weighted by molar-refractivity contribution is -0.129. The van der Waals surface area contributed by atoms with E-state index in [1.165, 1.54) is 0 Å². The Kier molecular flexibility index (Phi) is 7.25. The van der Waals surface area contributed by atoms with Crippen LogP contribution in [-0.2, 0) is 9.59 Å². The van der Waals surface area contributed by atoms with E-state index in [9.17, 15) is 9.59 Å². The lowest BCUT2D eigenvalue weighted by Gasteiger charge is -2.24. The first kappa shape index (κ1) is 17.2. The summed E-state index contributed by atoms with van der Waals surface area (Å²) in [6.07, 6.45) is 1.55. The van der Waals surface area contributed by atoms with Gasteiger partial charge in [0.05, 0.1) is 6.04 Å². The van der Waals surface area contributed by atoms with Gasteiger partial charge in [-0.05, 0) is 19.3 Å². The smallest absolute Gasteiger partial charge is 0.237 e. The molecule has 3 N–H and O–H groups in total. The van der Waals surface area contributed by atoms with Crippen molar-refractivity contribution in [3.8, 4) is 0 Å². The summed E-state index contributed by atoms with van der Waals surface area (Å²) in [7, 11) is 0. The Morgan fingerprint density at radius 1 is 1.44 bits per heavy atom. The maximum atomic E-state index is 11.7. The van der Waals surface area contributed by atoms with Crippen LogP contribution in [0.5, 0.6) is 0 Å².